The molecule has 0 radical (unpaired) electrons. The van der Waals surface area contributed by atoms with E-state index in [2.05, 4.69) is 27.6 Å². The molecule has 0 amide bonds. The number of methoxy groups -OCH3 is 1. The zero-order chi connectivity index (χ0) is 12.3. The molecule has 0 saturated carbocycles. The van der Waals surface area contributed by atoms with Crippen molar-refractivity contribution in [1.82, 2.24) is 4.98 Å². The van der Waals surface area contributed by atoms with Crippen LogP contribution in [0.25, 0.3) is 0 Å². The lowest BCUT2D eigenvalue weighted by Gasteiger charge is -2.07. The minimum atomic E-state index is 0.369. The van der Waals surface area contributed by atoms with Crippen LogP contribution in [0.2, 0.25) is 0 Å². The van der Waals surface area contributed by atoms with Crippen LogP contribution >= 0.6 is 22.6 Å². The van der Waals surface area contributed by atoms with E-state index in [-0.39, 0.29) is 0 Å². The Balaban J connectivity index is 2.24. The summed E-state index contributed by atoms with van der Waals surface area (Å²) in [5, 5.41) is 0. The van der Waals surface area contributed by atoms with Crippen molar-refractivity contribution >= 4 is 28.3 Å². The summed E-state index contributed by atoms with van der Waals surface area (Å²) in [4.78, 5) is 4.14. The summed E-state index contributed by atoms with van der Waals surface area (Å²) in [7, 11) is 1.52. The molecule has 0 atom stereocenters. The summed E-state index contributed by atoms with van der Waals surface area (Å²) < 4.78 is 11.7. The quantitative estimate of drug-likeness (QED) is 0.871. The normalized spacial score (nSPS) is 10.0. The second-order valence-corrected chi connectivity index (χ2v) is 4.55. The number of rotatable bonds is 3. The van der Waals surface area contributed by atoms with Gasteiger partial charge in [-0.3, -0.25) is 0 Å². The fourth-order valence-corrected chi connectivity index (χ4v) is 1.82. The van der Waals surface area contributed by atoms with Crippen molar-refractivity contribution < 1.29 is 9.47 Å². The Kier molecular flexibility index (Phi) is 3.68. The molecular weight excluding hydrogens is 331 g/mol. The third-order valence-electron chi connectivity index (χ3n) is 2.08. The number of benzene rings is 1. The Morgan fingerprint density at radius 2 is 2.06 bits per heavy atom. The predicted octanol–water partition coefficient (Wildman–Crippen LogP) is 3.07. The second-order valence-electron chi connectivity index (χ2n) is 3.31. The van der Waals surface area contributed by atoms with Crippen molar-refractivity contribution in [3.05, 3.63) is 40.0 Å². The lowest BCUT2D eigenvalue weighted by molar-refractivity contribution is 0.385. The van der Waals surface area contributed by atoms with E-state index in [4.69, 9.17) is 15.2 Å². The van der Waals surface area contributed by atoms with E-state index in [0.29, 0.717) is 17.4 Å². The van der Waals surface area contributed by atoms with E-state index in [1.165, 1.54) is 7.11 Å². The molecule has 17 heavy (non-hydrogen) atoms. The number of aromatic nitrogens is 1. The van der Waals surface area contributed by atoms with Gasteiger partial charge < -0.3 is 15.2 Å². The fourth-order valence-electron chi connectivity index (χ4n) is 1.31. The van der Waals surface area contributed by atoms with Crippen molar-refractivity contribution in [1.29, 1.82) is 0 Å². The molecule has 0 bridgehead atoms. The van der Waals surface area contributed by atoms with Crippen LogP contribution in [0.15, 0.2) is 36.4 Å². The number of nitrogens with two attached hydrogens (primary N) is 1. The van der Waals surface area contributed by atoms with Crippen molar-refractivity contribution in [3.63, 3.8) is 0 Å². The van der Waals surface area contributed by atoms with Gasteiger partial charge in [-0.15, -0.1) is 0 Å². The van der Waals surface area contributed by atoms with E-state index in [1.807, 2.05) is 24.3 Å². The molecule has 0 spiro atoms. The van der Waals surface area contributed by atoms with Crippen LogP contribution in [-0.4, -0.2) is 12.1 Å². The number of halogens is 1. The molecule has 0 saturated heterocycles. The van der Waals surface area contributed by atoms with E-state index in [9.17, 15) is 0 Å². The molecule has 4 nitrogen and oxygen atoms in total. The van der Waals surface area contributed by atoms with Crippen LogP contribution in [0.4, 0.5) is 5.69 Å². The maximum atomic E-state index is 5.67. The van der Waals surface area contributed by atoms with Gasteiger partial charge in [0.2, 0.25) is 11.8 Å². The van der Waals surface area contributed by atoms with Gasteiger partial charge in [0.1, 0.15) is 5.75 Å². The van der Waals surface area contributed by atoms with Gasteiger partial charge in [0.25, 0.3) is 0 Å². The molecule has 2 aromatic rings. The summed E-state index contributed by atoms with van der Waals surface area (Å²) >= 11 is 2.22. The first-order chi connectivity index (χ1) is 8.19. The molecule has 0 aliphatic heterocycles. The highest BCUT2D eigenvalue weighted by atomic mass is 127. The molecule has 88 valence electrons. The van der Waals surface area contributed by atoms with Crippen molar-refractivity contribution in [2.45, 2.75) is 0 Å². The molecule has 5 heteroatoms. The largest absolute Gasteiger partial charge is 0.479 e. The van der Waals surface area contributed by atoms with Crippen molar-refractivity contribution in [2.75, 3.05) is 12.8 Å². The minimum absolute atomic E-state index is 0.369. The Hall–Kier alpha value is -1.50. The first-order valence-corrected chi connectivity index (χ1v) is 6.01. The Morgan fingerprint density at radius 3 is 2.76 bits per heavy atom. The minimum Gasteiger partial charge on any atom is -0.479 e. The van der Waals surface area contributed by atoms with Crippen LogP contribution in [0.5, 0.6) is 17.5 Å². The number of nitrogens with zero attached hydrogens (tertiary/aromatic N) is 1. The lowest BCUT2D eigenvalue weighted by Crippen LogP contribution is -1.97. The summed E-state index contributed by atoms with van der Waals surface area (Å²) in [6, 6.07) is 11.1. The zero-order valence-electron chi connectivity index (χ0n) is 9.18. The summed E-state index contributed by atoms with van der Waals surface area (Å²) in [6.07, 6.45) is 0. The van der Waals surface area contributed by atoms with Gasteiger partial charge in [0, 0.05) is 9.64 Å². The molecular formula is C12H11IN2O2. The number of ether oxygens (including phenoxy) is 2. The van der Waals surface area contributed by atoms with Gasteiger partial charge in [-0.05, 0) is 46.9 Å². The van der Waals surface area contributed by atoms with E-state index in [1.54, 1.807) is 12.1 Å². The van der Waals surface area contributed by atoms with Crippen LogP contribution < -0.4 is 15.2 Å². The summed E-state index contributed by atoms with van der Waals surface area (Å²) in [5.41, 5.74) is 6.16. The third kappa shape index (κ3) is 3.00. The standard InChI is InChI=1S/C12H11IN2O2/c1-16-12-10(14)5-6-11(15-12)17-9-4-2-3-8(13)7-9/h2-7H,14H2,1H3. The molecule has 0 fully saturated rings. The number of anilines is 1. The van der Waals surface area contributed by atoms with E-state index < -0.39 is 0 Å². The Bertz CT molecular complexity index is 532. The molecule has 0 aliphatic carbocycles. The number of hydrogen-bond donors (Lipinski definition) is 1. The average Bonchev–Trinajstić information content (AvgIpc) is 2.32. The first kappa shape index (κ1) is 12.0. The molecule has 1 aromatic heterocycles. The summed E-state index contributed by atoms with van der Waals surface area (Å²) in [5.74, 6) is 1.56. The van der Waals surface area contributed by atoms with Crippen LogP contribution in [-0.2, 0) is 0 Å². The van der Waals surface area contributed by atoms with Crippen LogP contribution in [0.1, 0.15) is 0 Å². The fraction of sp³-hybridized carbons (Fsp3) is 0.0833. The number of nitrogen functional groups attached to an aromatic ring is 1. The van der Waals surface area contributed by atoms with Gasteiger partial charge in [-0.25, -0.2) is 0 Å². The molecule has 0 aliphatic rings. The van der Waals surface area contributed by atoms with Gasteiger partial charge in [0.05, 0.1) is 12.8 Å². The second kappa shape index (κ2) is 5.22. The molecule has 1 aromatic carbocycles. The Labute approximate surface area is 113 Å². The highest BCUT2D eigenvalue weighted by Gasteiger charge is 2.04. The lowest BCUT2D eigenvalue weighted by atomic mass is 10.3. The molecule has 0 unspecified atom stereocenters. The Morgan fingerprint density at radius 1 is 1.24 bits per heavy atom. The molecule has 1 heterocycles. The van der Waals surface area contributed by atoms with Gasteiger partial charge >= 0.3 is 0 Å². The number of pyridine rings is 1. The van der Waals surface area contributed by atoms with Crippen molar-refractivity contribution in [2.24, 2.45) is 0 Å². The maximum Gasteiger partial charge on any atom is 0.240 e. The van der Waals surface area contributed by atoms with Gasteiger partial charge in [0.15, 0.2) is 0 Å². The van der Waals surface area contributed by atoms with Crippen LogP contribution in [0.3, 0.4) is 0 Å². The third-order valence-corrected chi connectivity index (χ3v) is 2.75. The highest BCUT2D eigenvalue weighted by molar-refractivity contribution is 14.1. The first-order valence-electron chi connectivity index (χ1n) is 4.93. The van der Waals surface area contributed by atoms with Gasteiger partial charge in [-0.2, -0.15) is 4.98 Å². The summed E-state index contributed by atoms with van der Waals surface area (Å²) in [6.45, 7) is 0. The number of hydrogen-bond acceptors (Lipinski definition) is 4. The smallest absolute Gasteiger partial charge is 0.240 e. The monoisotopic (exact) mass is 342 g/mol. The SMILES string of the molecule is COc1nc(Oc2cccc(I)c2)ccc1N. The molecule has 2 N–H and O–H groups in total. The maximum absolute atomic E-state index is 5.67. The molecule has 2 rings (SSSR count). The average molecular weight is 342 g/mol. The zero-order valence-corrected chi connectivity index (χ0v) is 11.3. The highest BCUT2D eigenvalue weighted by Crippen LogP contribution is 2.26. The van der Waals surface area contributed by atoms with Crippen LogP contribution in [0, 0.1) is 3.57 Å². The van der Waals surface area contributed by atoms with Crippen molar-refractivity contribution in [3.8, 4) is 17.5 Å². The topological polar surface area (TPSA) is 57.4 Å². The van der Waals surface area contributed by atoms with E-state index >= 15 is 0 Å². The van der Waals surface area contributed by atoms with Gasteiger partial charge in [-0.1, -0.05) is 6.07 Å². The van der Waals surface area contributed by atoms with E-state index in [0.717, 1.165) is 9.32 Å². The predicted molar refractivity (Wildman–Crippen MR) is 74.4 cm³/mol.